The first kappa shape index (κ1) is 26.1. The van der Waals surface area contributed by atoms with Crippen molar-refractivity contribution in [2.45, 2.75) is 51.5 Å². The molecule has 5 aromatic rings. The van der Waals surface area contributed by atoms with Crippen molar-refractivity contribution in [3.8, 4) is 0 Å². The maximum Gasteiger partial charge on any atom is 0.335 e. The van der Waals surface area contributed by atoms with E-state index < -0.39 is 5.97 Å². The van der Waals surface area contributed by atoms with Gasteiger partial charge in [0.25, 0.3) is 0 Å². The summed E-state index contributed by atoms with van der Waals surface area (Å²) in [6, 6.07) is 16.0. The molecule has 210 valence electrons. The SMILES string of the molecule is CC1c2nc3c(Cc4ccc(Cl)cc4F)cccc3n2CCN1Cc1nc2ccc(C(=O)O)cc2n1CC1CCO1. The summed E-state index contributed by atoms with van der Waals surface area (Å²) in [5.74, 6) is 0.577. The summed E-state index contributed by atoms with van der Waals surface area (Å²) in [5, 5.41) is 9.94. The van der Waals surface area contributed by atoms with Gasteiger partial charge in [0.2, 0.25) is 0 Å². The molecular weight excluding hydrogens is 545 g/mol. The van der Waals surface area contributed by atoms with Gasteiger partial charge in [0.15, 0.2) is 0 Å². The molecule has 2 atom stereocenters. The Labute approximate surface area is 240 Å². The molecule has 41 heavy (non-hydrogen) atoms. The standard InChI is InChI=1S/C31H29ClFN5O3/c1-18-30-35-29-20(13-19-5-7-22(32)15-24(19)33)3-2-4-26(29)37(30)11-10-36(18)17-28-34-25-8-6-21(31(39)40)14-27(25)38(28)16-23-9-12-41-23/h2-8,14-15,18,23H,9-13,16-17H2,1H3,(H,39,40). The maximum absolute atomic E-state index is 14.6. The maximum atomic E-state index is 14.6. The van der Waals surface area contributed by atoms with Crippen LogP contribution in [0.25, 0.3) is 22.1 Å². The smallest absolute Gasteiger partial charge is 0.335 e. The average molecular weight is 574 g/mol. The van der Waals surface area contributed by atoms with Crippen LogP contribution in [0.2, 0.25) is 5.02 Å². The second-order valence-corrected chi connectivity index (χ2v) is 11.3. The highest BCUT2D eigenvalue weighted by Gasteiger charge is 2.30. The Hall–Kier alpha value is -3.79. The lowest BCUT2D eigenvalue weighted by Gasteiger charge is -2.34. The number of rotatable bonds is 7. The highest BCUT2D eigenvalue weighted by molar-refractivity contribution is 6.30. The van der Waals surface area contributed by atoms with Crippen LogP contribution in [0.15, 0.2) is 54.6 Å². The van der Waals surface area contributed by atoms with Crippen LogP contribution in [0.5, 0.6) is 0 Å². The number of hydrogen-bond donors (Lipinski definition) is 1. The van der Waals surface area contributed by atoms with E-state index in [4.69, 9.17) is 26.3 Å². The summed E-state index contributed by atoms with van der Waals surface area (Å²) >= 11 is 5.96. The fourth-order valence-corrected chi connectivity index (χ4v) is 6.19. The molecule has 1 saturated heterocycles. The second kappa shape index (κ2) is 10.2. The quantitative estimate of drug-likeness (QED) is 0.264. The number of hydrogen-bond acceptors (Lipinski definition) is 5. The van der Waals surface area contributed by atoms with Crippen molar-refractivity contribution in [3.05, 3.63) is 93.8 Å². The summed E-state index contributed by atoms with van der Waals surface area (Å²) in [6.45, 7) is 5.71. The van der Waals surface area contributed by atoms with E-state index in [1.54, 1.807) is 30.3 Å². The van der Waals surface area contributed by atoms with Crippen LogP contribution >= 0.6 is 11.6 Å². The molecule has 2 aliphatic heterocycles. The van der Waals surface area contributed by atoms with Crippen molar-refractivity contribution in [1.82, 2.24) is 24.0 Å². The van der Waals surface area contributed by atoms with Gasteiger partial charge < -0.3 is 19.0 Å². The fourth-order valence-electron chi connectivity index (χ4n) is 6.04. The molecule has 2 aliphatic rings. The Bertz CT molecular complexity index is 1810. The fraction of sp³-hybridized carbons (Fsp3) is 0.323. The number of carboxylic acids is 1. The van der Waals surface area contributed by atoms with Gasteiger partial charge in [0.1, 0.15) is 17.5 Å². The molecule has 2 aromatic heterocycles. The zero-order valence-corrected chi connectivity index (χ0v) is 23.3. The van der Waals surface area contributed by atoms with E-state index in [-0.39, 0.29) is 23.5 Å². The van der Waals surface area contributed by atoms with Crippen LogP contribution in [0, 0.1) is 5.82 Å². The second-order valence-electron chi connectivity index (χ2n) is 10.9. The number of halogens is 2. The minimum Gasteiger partial charge on any atom is -0.478 e. The number of aromatic nitrogens is 4. The molecule has 0 saturated carbocycles. The highest BCUT2D eigenvalue weighted by atomic mass is 35.5. The molecule has 0 amide bonds. The third-order valence-corrected chi connectivity index (χ3v) is 8.65. The summed E-state index contributed by atoms with van der Waals surface area (Å²) in [4.78, 5) is 24.0. The minimum absolute atomic E-state index is 0.0130. The topological polar surface area (TPSA) is 85.4 Å². The molecule has 0 bridgehead atoms. The first-order valence-corrected chi connectivity index (χ1v) is 14.2. The average Bonchev–Trinajstić information content (AvgIpc) is 3.48. The normalized spacial score (nSPS) is 19.0. The Morgan fingerprint density at radius 3 is 2.71 bits per heavy atom. The van der Waals surface area contributed by atoms with E-state index in [1.807, 2.05) is 12.1 Å². The van der Waals surface area contributed by atoms with Crippen molar-refractivity contribution in [3.63, 3.8) is 0 Å². The highest BCUT2D eigenvalue weighted by Crippen LogP contribution is 2.33. The molecule has 2 unspecified atom stereocenters. The number of carbonyl (C=O) groups is 1. The molecule has 1 N–H and O–H groups in total. The van der Waals surface area contributed by atoms with Gasteiger partial charge >= 0.3 is 5.97 Å². The Balaban J connectivity index is 1.21. The van der Waals surface area contributed by atoms with E-state index in [0.29, 0.717) is 30.1 Å². The number of carboxylic acid groups (broad SMARTS) is 1. The third kappa shape index (κ3) is 4.67. The van der Waals surface area contributed by atoms with Crippen LogP contribution in [-0.4, -0.2) is 54.3 Å². The number of imidazole rings is 2. The molecule has 1 fully saturated rings. The molecule has 0 spiro atoms. The molecular formula is C31H29ClFN5O3. The van der Waals surface area contributed by atoms with Gasteiger partial charge in [0.05, 0.1) is 52.9 Å². The largest absolute Gasteiger partial charge is 0.478 e. The van der Waals surface area contributed by atoms with Crippen LogP contribution in [0.3, 0.4) is 0 Å². The van der Waals surface area contributed by atoms with Gasteiger partial charge in [0, 0.05) is 31.1 Å². The van der Waals surface area contributed by atoms with Crippen LogP contribution in [0.1, 0.15) is 52.5 Å². The molecule has 10 heteroatoms. The molecule has 8 nitrogen and oxygen atoms in total. The van der Waals surface area contributed by atoms with Crippen molar-refractivity contribution in [1.29, 1.82) is 0 Å². The Morgan fingerprint density at radius 1 is 1.10 bits per heavy atom. The minimum atomic E-state index is -0.956. The van der Waals surface area contributed by atoms with E-state index in [1.165, 1.54) is 6.07 Å². The number of ether oxygens (including phenoxy) is 1. The number of aromatic carboxylic acids is 1. The van der Waals surface area contributed by atoms with Gasteiger partial charge in [-0.3, -0.25) is 4.90 Å². The first-order valence-electron chi connectivity index (χ1n) is 13.9. The van der Waals surface area contributed by atoms with E-state index in [0.717, 1.165) is 65.4 Å². The third-order valence-electron chi connectivity index (χ3n) is 8.42. The zero-order valence-electron chi connectivity index (χ0n) is 22.6. The van der Waals surface area contributed by atoms with Gasteiger partial charge in [-0.2, -0.15) is 0 Å². The van der Waals surface area contributed by atoms with Crippen molar-refractivity contribution in [2.75, 3.05) is 13.2 Å². The van der Waals surface area contributed by atoms with Gasteiger partial charge in [-0.25, -0.2) is 19.2 Å². The monoisotopic (exact) mass is 573 g/mol. The van der Waals surface area contributed by atoms with Crippen molar-refractivity contribution < 1.29 is 19.0 Å². The summed E-state index contributed by atoms with van der Waals surface area (Å²) in [7, 11) is 0. The lowest BCUT2D eigenvalue weighted by Crippen LogP contribution is -2.38. The summed E-state index contributed by atoms with van der Waals surface area (Å²) in [5.41, 5.74) is 5.33. The van der Waals surface area contributed by atoms with E-state index in [9.17, 15) is 14.3 Å². The van der Waals surface area contributed by atoms with Gasteiger partial charge in [-0.05, 0) is 60.9 Å². The van der Waals surface area contributed by atoms with Crippen LogP contribution in [0.4, 0.5) is 4.39 Å². The molecule has 0 aliphatic carbocycles. The number of fused-ring (bicyclic) bond motifs is 4. The molecule has 3 aromatic carbocycles. The van der Waals surface area contributed by atoms with E-state index >= 15 is 0 Å². The van der Waals surface area contributed by atoms with Crippen LogP contribution < -0.4 is 0 Å². The predicted molar refractivity (Wildman–Crippen MR) is 154 cm³/mol. The van der Waals surface area contributed by atoms with Crippen molar-refractivity contribution >= 4 is 39.6 Å². The molecule has 4 heterocycles. The van der Waals surface area contributed by atoms with Gasteiger partial charge in [-0.1, -0.05) is 29.8 Å². The number of para-hydroxylation sites is 1. The predicted octanol–water partition coefficient (Wildman–Crippen LogP) is 5.83. The van der Waals surface area contributed by atoms with Gasteiger partial charge in [-0.15, -0.1) is 0 Å². The molecule has 0 radical (unpaired) electrons. The number of nitrogens with zero attached hydrogens (tertiary/aromatic N) is 5. The summed E-state index contributed by atoms with van der Waals surface area (Å²) < 4.78 is 24.7. The number of benzene rings is 3. The van der Waals surface area contributed by atoms with E-state index in [2.05, 4.69) is 27.0 Å². The van der Waals surface area contributed by atoms with Crippen LogP contribution in [-0.2, 0) is 30.8 Å². The first-order chi connectivity index (χ1) is 19.9. The lowest BCUT2D eigenvalue weighted by molar-refractivity contribution is -0.0592. The molecule has 7 rings (SSSR count). The lowest BCUT2D eigenvalue weighted by atomic mass is 10.0. The Kier molecular flexibility index (Phi) is 6.53. The summed E-state index contributed by atoms with van der Waals surface area (Å²) in [6.07, 6.45) is 1.51. The zero-order chi connectivity index (χ0) is 28.2. The Morgan fingerprint density at radius 2 is 1.95 bits per heavy atom. The van der Waals surface area contributed by atoms with Crippen molar-refractivity contribution in [2.24, 2.45) is 0 Å².